The van der Waals surface area contributed by atoms with E-state index >= 15 is 0 Å². The second-order valence-corrected chi connectivity index (χ2v) is 18.8. The van der Waals surface area contributed by atoms with Gasteiger partial charge in [-0.2, -0.15) is 0 Å². The Kier molecular flexibility index (Phi) is 7.92. The first-order valence-corrected chi connectivity index (χ1v) is 20.3. The van der Waals surface area contributed by atoms with Crippen molar-refractivity contribution < 1.29 is 26.5 Å². The average molecular weight is 729 g/mol. The Morgan fingerprint density at radius 2 is 0.426 bits per heavy atom. The molecule has 2 fully saturated rings. The van der Waals surface area contributed by atoms with Gasteiger partial charge in [-0.05, 0) is 154 Å². The predicted octanol–water partition coefficient (Wildman–Crippen LogP) is 13.4. The zero-order valence-electron chi connectivity index (χ0n) is 33.4. The normalized spacial score (nSPS) is 22.2. The summed E-state index contributed by atoms with van der Waals surface area (Å²) >= 11 is 0. The molecule has 9 rings (SSSR count). The van der Waals surface area contributed by atoms with Crippen LogP contribution in [0.1, 0.15) is 189 Å². The lowest BCUT2D eigenvalue weighted by Crippen LogP contribution is -2.30. The molecular weight excluding hydrogens is 673 g/mol. The second kappa shape index (κ2) is 12.1. The lowest BCUT2D eigenvalue weighted by Gasteiger charge is -2.34. The number of rotatable bonds is 0. The summed E-state index contributed by atoms with van der Waals surface area (Å²) in [6, 6.07) is 25.7. The fraction of sp³-hybridized carbons (Fsp3) is 0.500. The molecule has 2 aliphatic carbocycles. The van der Waals surface area contributed by atoms with Crippen LogP contribution in [-0.4, -0.2) is 0 Å². The molecule has 6 heteroatoms. The molecule has 6 aromatic rings. The van der Waals surface area contributed by atoms with Gasteiger partial charge in [0, 0.05) is 0 Å². The number of furan rings is 6. The van der Waals surface area contributed by atoms with Crippen molar-refractivity contribution in [1.29, 1.82) is 0 Å². The van der Waals surface area contributed by atoms with Gasteiger partial charge < -0.3 is 26.5 Å². The summed E-state index contributed by atoms with van der Waals surface area (Å²) in [5.74, 6) is 10.8. The molecule has 0 atom stereocenters. The van der Waals surface area contributed by atoms with E-state index < -0.39 is 21.7 Å². The lowest BCUT2D eigenvalue weighted by molar-refractivity contribution is 0.219. The molecule has 12 bridgehead atoms. The molecule has 2 saturated carbocycles. The highest BCUT2D eigenvalue weighted by atomic mass is 16.4. The Balaban J connectivity index is 1.21. The molecule has 54 heavy (non-hydrogen) atoms. The van der Waals surface area contributed by atoms with Gasteiger partial charge in [0.2, 0.25) is 0 Å². The number of hydrogen-bond acceptors (Lipinski definition) is 6. The lowest BCUT2D eigenvalue weighted by atomic mass is 9.70. The molecule has 0 saturated heterocycles. The second-order valence-electron chi connectivity index (χ2n) is 18.8. The zero-order valence-corrected chi connectivity index (χ0v) is 33.4. The van der Waals surface area contributed by atoms with E-state index in [0.29, 0.717) is 0 Å². The van der Waals surface area contributed by atoms with Crippen LogP contribution in [-0.2, 0) is 32.5 Å². The maximum absolute atomic E-state index is 6.95. The van der Waals surface area contributed by atoms with Crippen LogP contribution in [0.15, 0.2) is 99.3 Å². The molecule has 7 heterocycles. The molecule has 0 unspecified atom stereocenters. The quantitative estimate of drug-likeness (QED) is 0.155. The van der Waals surface area contributed by atoms with Gasteiger partial charge in [0.1, 0.15) is 69.1 Å². The highest BCUT2D eigenvalue weighted by Gasteiger charge is 2.46. The van der Waals surface area contributed by atoms with Gasteiger partial charge in [0.25, 0.3) is 0 Å². The van der Waals surface area contributed by atoms with Crippen molar-refractivity contribution in [3.8, 4) is 0 Å². The third kappa shape index (κ3) is 5.18. The Morgan fingerprint density at radius 3 is 0.630 bits per heavy atom. The smallest absolute Gasteiger partial charge is 0.117 e. The Morgan fingerprint density at radius 1 is 0.259 bits per heavy atom. The molecule has 0 aromatic carbocycles. The highest BCUT2D eigenvalue weighted by molar-refractivity contribution is 5.40. The van der Waals surface area contributed by atoms with Crippen molar-refractivity contribution in [2.24, 2.45) is 0 Å². The maximum Gasteiger partial charge on any atom is 0.117 e. The Labute approximate surface area is 319 Å². The fourth-order valence-corrected chi connectivity index (χ4v) is 9.77. The van der Waals surface area contributed by atoms with Crippen LogP contribution < -0.4 is 0 Å². The van der Waals surface area contributed by atoms with Gasteiger partial charge in [-0.15, -0.1) is 0 Å². The minimum Gasteiger partial charge on any atom is -0.464 e. The van der Waals surface area contributed by atoms with E-state index in [2.05, 4.69) is 128 Å². The van der Waals surface area contributed by atoms with Crippen LogP contribution in [0.25, 0.3) is 0 Å². The summed E-state index contributed by atoms with van der Waals surface area (Å²) in [7, 11) is 0. The molecule has 284 valence electrons. The topological polar surface area (TPSA) is 78.8 Å². The van der Waals surface area contributed by atoms with Gasteiger partial charge in [0.05, 0.1) is 32.5 Å². The molecule has 6 nitrogen and oxygen atoms in total. The maximum atomic E-state index is 6.95. The summed E-state index contributed by atoms with van der Waals surface area (Å²) < 4.78 is 41.4. The van der Waals surface area contributed by atoms with Crippen molar-refractivity contribution in [2.75, 3.05) is 0 Å². The number of fused-ring (bicyclic) bond motifs is 16. The molecule has 6 aromatic heterocycles. The largest absolute Gasteiger partial charge is 0.464 e. The molecule has 0 amide bonds. The Bertz CT molecular complexity index is 1960. The van der Waals surface area contributed by atoms with Gasteiger partial charge in [-0.25, -0.2) is 0 Å². The predicted molar refractivity (Wildman–Crippen MR) is 208 cm³/mol. The van der Waals surface area contributed by atoms with E-state index in [-0.39, 0.29) is 10.8 Å². The first-order chi connectivity index (χ1) is 25.7. The Hall–Kier alpha value is -4.32. The third-order valence-electron chi connectivity index (χ3n) is 13.9. The van der Waals surface area contributed by atoms with E-state index in [9.17, 15) is 0 Å². The van der Waals surface area contributed by atoms with Gasteiger partial charge in [-0.3, -0.25) is 0 Å². The minimum atomic E-state index is -0.505. The standard InChI is InChI=1S/C48H56O6/c1-43(2)31-15-16-32(49-31)44(3,4)36-20-25-41(52-36)48(29-13-10-14-30-48)42-26-22-38(54-42)46(7,8)34-18-17-33(50-34)45(5,6)37-21-24-40(53-37)47(27-11-9-12-28-47)39-23-19-35(43)51-39/h15-26H,9-14,27-30H2,1-8H3. The summed E-state index contributed by atoms with van der Waals surface area (Å²) in [6.45, 7) is 17.5. The van der Waals surface area contributed by atoms with Crippen LogP contribution in [0.5, 0.6) is 0 Å². The van der Waals surface area contributed by atoms with E-state index in [1.54, 1.807) is 0 Å². The van der Waals surface area contributed by atoms with Crippen molar-refractivity contribution in [3.63, 3.8) is 0 Å². The third-order valence-corrected chi connectivity index (χ3v) is 13.9. The van der Waals surface area contributed by atoms with Crippen molar-refractivity contribution in [3.05, 3.63) is 142 Å². The van der Waals surface area contributed by atoms with Crippen LogP contribution >= 0.6 is 0 Å². The summed E-state index contributed by atoms with van der Waals surface area (Å²) in [6.07, 6.45) is 10.8. The molecule has 1 aliphatic heterocycles. The first kappa shape index (κ1) is 35.4. The molecule has 0 N–H and O–H groups in total. The molecular formula is C48H56O6. The SMILES string of the molecule is CC1(C)c2ccc(o2)C(C)(C)c2ccc(o2)C2(CCCCC2)c2ccc(o2)C(C)(C)c2ccc(o2)C(C)(C)c2ccc(o2)C2(CCCCC2)c2ccc1o2. The molecule has 2 spiro atoms. The van der Waals surface area contributed by atoms with Crippen LogP contribution in [0.2, 0.25) is 0 Å². The van der Waals surface area contributed by atoms with Gasteiger partial charge in [-0.1, -0.05) is 38.5 Å². The van der Waals surface area contributed by atoms with Gasteiger partial charge >= 0.3 is 0 Å². The van der Waals surface area contributed by atoms with E-state index in [1.165, 1.54) is 12.8 Å². The summed E-state index contributed by atoms with van der Waals surface area (Å²) in [5.41, 5.74) is -2.71. The van der Waals surface area contributed by atoms with Crippen molar-refractivity contribution >= 4 is 0 Å². The number of hydrogen-bond donors (Lipinski definition) is 0. The van der Waals surface area contributed by atoms with Crippen LogP contribution in [0.3, 0.4) is 0 Å². The summed E-state index contributed by atoms with van der Waals surface area (Å²) in [5, 5.41) is 0. The van der Waals surface area contributed by atoms with Gasteiger partial charge in [0.15, 0.2) is 0 Å². The van der Waals surface area contributed by atoms with E-state index in [0.717, 1.165) is 120 Å². The van der Waals surface area contributed by atoms with Crippen molar-refractivity contribution in [2.45, 2.75) is 152 Å². The monoisotopic (exact) mass is 728 g/mol. The highest BCUT2D eigenvalue weighted by Crippen LogP contribution is 2.51. The van der Waals surface area contributed by atoms with Crippen LogP contribution in [0, 0.1) is 0 Å². The van der Waals surface area contributed by atoms with E-state index in [1.807, 2.05) is 0 Å². The zero-order chi connectivity index (χ0) is 37.7. The van der Waals surface area contributed by atoms with Crippen molar-refractivity contribution in [1.82, 2.24) is 0 Å². The summed E-state index contributed by atoms with van der Waals surface area (Å²) in [4.78, 5) is 0. The average Bonchev–Trinajstić information content (AvgIpc) is 4.02. The fourth-order valence-electron chi connectivity index (χ4n) is 9.77. The van der Waals surface area contributed by atoms with E-state index in [4.69, 9.17) is 26.5 Å². The minimum absolute atomic E-state index is 0.342. The van der Waals surface area contributed by atoms with Crippen LogP contribution in [0.4, 0.5) is 0 Å². The molecule has 0 radical (unpaired) electrons. The molecule has 3 aliphatic rings. The first-order valence-electron chi connectivity index (χ1n) is 20.3.